The fourth-order valence-electron chi connectivity index (χ4n) is 4.57. The standard InChI is InChI=1S/C28H25ClF3NO4/c1-27(14-18-5-8-23(29)9-6-18)15-21-11-19(7-10-24(21)37-27)13-25(34)33(17-26(35)36)16-20-3-2-4-22(12-20)28(30,31)32/h2-12H,13-17H2,1H3,(H,35,36)/t27-/m1/s1. The molecule has 1 atom stereocenters. The van der Waals surface area contributed by atoms with Crippen LogP contribution in [0.2, 0.25) is 5.02 Å². The molecule has 1 aliphatic rings. The Morgan fingerprint density at radius 2 is 1.73 bits per heavy atom. The van der Waals surface area contributed by atoms with Crippen molar-refractivity contribution in [1.29, 1.82) is 0 Å². The summed E-state index contributed by atoms with van der Waals surface area (Å²) in [6.07, 6.45) is -3.34. The third-order valence-electron chi connectivity index (χ3n) is 6.20. The van der Waals surface area contributed by atoms with E-state index in [1.807, 2.05) is 37.3 Å². The lowest BCUT2D eigenvalue weighted by Crippen LogP contribution is -2.36. The average molecular weight is 532 g/mol. The number of fused-ring (bicyclic) bond motifs is 1. The second kappa shape index (κ2) is 10.5. The van der Waals surface area contributed by atoms with Gasteiger partial charge in [-0.2, -0.15) is 13.2 Å². The van der Waals surface area contributed by atoms with Crippen LogP contribution in [0.4, 0.5) is 13.2 Å². The molecule has 0 spiro atoms. The van der Waals surface area contributed by atoms with Gasteiger partial charge in [0.1, 0.15) is 17.9 Å². The first-order valence-electron chi connectivity index (χ1n) is 11.6. The molecule has 0 fully saturated rings. The summed E-state index contributed by atoms with van der Waals surface area (Å²) in [5.41, 5.74) is 1.55. The topological polar surface area (TPSA) is 66.8 Å². The van der Waals surface area contributed by atoms with Crippen LogP contribution >= 0.6 is 11.6 Å². The Morgan fingerprint density at radius 3 is 2.41 bits per heavy atom. The zero-order valence-electron chi connectivity index (χ0n) is 20.0. The van der Waals surface area contributed by atoms with Crippen molar-refractivity contribution >= 4 is 23.5 Å². The minimum absolute atomic E-state index is 0.0899. The monoisotopic (exact) mass is 531 g/mol. The van der Waals surface area contributed by atoms with Gasteiger partial charge in [-0.05, 0) is 59.5 Å². The number of carbonyl (C=O) groups is 2. The number of halogens is 4. The van der Waals surface area contributed by atoms with E-state index in [9.17, 15) is 27.9 Å². The van der Waals surface area contributed by atoms with Gasteiger partial charge in [0.25, 0.3) is 0 Å². The van der Waals surface area contributed by atoms with E-state index in [0.717, 1.165) is 33.9 Å². The van der Waals surface area contributed by atoms with Crippen LogP contribution in [0.15, 0.2) is 66.7 Å². The number of alkyl halides is 3. The molecule has 1 heterocycles. The van der Waals surface area contributed by atoms with Crippen molar-refractivity contribution in [3.8, 4) is 5.75 Å². The first-order valence-corrected chi connectivity index (χ1v) is 12.0. The summed E-state index contributed by atoms with van der Waals surface area (Å²) in [6, 6.07) is 17.5. The molecule has 5 nitrogen and oxygen atoms in total. The maximum Gasteiger partial charge on any atom is 0.416 e. The van der Waals surface area contributed by atoms with E-state index in [1.165, 1.54) is 12.1 Å². The Bertz CT molecular complexity index is 1310. The van der Waals surface area contributed by atoms with E-state index in [-0.39, 0.29) is 18.5 Å². The molecule has 0 saturated heterocycles. The molecule has 1 amide bonds. The maximum absolute atomic E-state index is 13.1. The Morgan fingerprint density at radius 1 is 1.03 bits per heavy atom. The van der Waals surface area contributed by atoms with Gasteiger partial charge in [-0.1, -0.05) is 48.0 Å². The predicted molar refractivity (Wildman–Crippen MR) is 133 cm³/mol. The third-order valence-corrected chi connectivity index (χ3v) is 6.45. The lowest BCUT2D eigenvalue weighted by molar-refractivity contribution is -0.144. The van der Waals surface area contributed by atoms with Gasteiger partial charge >= 0.3 is 12.1 Å². The van der Waals surface area contributed by atoms with Crippen molar-refractivity contribution in [3.63, 3.8) is 0 Å². The van der Waals surface area contributed by atoms with Crippen LogP contribution in [-0.4, -0.2) is 34.0 Å². The van der Waals surface area contributed by atoms with Crippen molar-refractivity contribution in [2.24, 2.45) is 0 Å². The smallest absolute Gasteiger partial charge is 0.416 e. The van der Waals surface area contributed by atoms with Crippen LogP contribution in [-0.2, 0) is 41.6 Å². The highest BCUT2D eigenvalue weighted by Gasteiger charge is 2.35. The first-order chi connectivity index (χ1) is 17.4. The van der Waals surface area contributed by atoms with E-state index < -0.39 is 35.8 Å². The molecule has 0 aliphatic carbocycles. The summed E-state index contributed by atoms with van der Waals surface area (Å²) in [5.74, 6) is -1.03. The van der Waals surface area contributed by atoms with Crippen molar-refractivity contribution in [2.45, 2.75) is 44.5 Å². The lowest BCUT2D eigenvalue weighted by atomic mass is 9.91. The molecule has 3 aromatic rings. The molecule has 4 rings (SSSR count). The number of benzene rings is 3. The number of rotatable bonds is 8. The molecule has 1 aliphatic heterocycles. The summed E-state index contributed by atoms with van der Waals surface area (Å²) in [4.78, 5) is 25.5. The van der Waals surface area contributed by atoms with E-state index in [1.54, 1.807) is 12.1 Å². The zero-order chi connectivity index (χ0) is 26.8. The quantitative estimate of drug-likeness (QED) is 0.390. The average Bonchev–Trinajstić information content (AvgIpc) is 3.14. The van der Waals surface area contributed by atoms with Gasteiger partial charge in [0, 0.05) is 24.4 Å². The zero-order valence-corrected chi connectivity index (χ0v) is 20.8. The molecule has 0 bridgehead atoms. The molecule has 37 heavy (non-hydrogen) atoms. The summed E-state index contributed by atoms with van der Waals surface area (Å²) in [7, 11) is 0. The van der Waals surface area contributed by atoms with Crippen LogP contribution in [0.1, 0.15) is 34.7 Å². The highest BCUT2D eigenvalue weighted by molar-refractivity contribution is 6.30. The van der Waals surface area contributed by atoms with Gasteiger partial charge in [0.05, 0.1) is 12.0 Å². The third kappa shape index (κ3) is 6.83. The van der Waals surface area contributed by atoms with Crippen LogP contribution in [0.25, 0.3) is 0 Å². The molecule has 0 aromatic heterocycles. The highest BCUT2D eigenvalue weighted by Crippen LogP contribution is 2.38. The summed E-state index contributed by atoms with van der Waals surface area (Å²) < 4.78 is 45.4. The highest BCUT2D eigenvalue weighted by atomic mass is 35.5. The molecule has 0 saturated carbocycles. The largest absolute Gasteiger partial charge is 0.487 e. The van der Waals surface area contributed by atoms with Gasteiger partial charge in [-0.3, -0.25) is 9.59 Å². The van der Waals surface area contributed by atoms with Gasteiger partial charge < -0.3 is 14.7 Å². The van der Waals surface area contributed by atoms with Crippen LogP contribution in [0.3, 0.4) is 0 Å². The number of ether oxygens (including phenoxy) is 1. The van der Waals surface area contributed by atoms with Gasteiger partial charge in [0.2, 0.25) is 5.91 Å². The maximum atomic E-state index is 13.1. The molecule has 3 aromatic carbocycles. The van der Waals surface area contributed by atoms with Crippen molar-refractivity contribution in [1.82, 2.24) is 4.90 Å². The number of hydrogen-bond donors (Lipinski definition) is 1. The fraction of sp³-hybridized carbons (Fsp3) is 0.286. The van der Waals surface area contributed by atoms with E-state index in [4.69, 9.17) is 16.3 Å². The van der Waals surface area contributed by atoms with E-state index in [2.05, 4.69) is 0 Å². The fourth-order valence-corrected chi connectivity index (χ4v) is 4.69. The Kier molecular flexibility index (Phi) is 7.50. The molecular weight excluding hydrogens is 507 g/mol. The first kappa shape index (κ1) is 26.5. The molecule has 0 unspecified atom stereocenters. The summed E-state index contributed by atoms with van der Waals surface area (Å²) in [6.45, 7) is 1.14. The SMILES string of the molecule is C[C@@]1(Cc2ccc(Cl)cc2)Cc2cc(CC(=O)N(CC(=O)O)Cc3cccc(C(F)(F)F)c3)ccc2O1. The molecule has 9 heteroatoms. The number of amides is 1. The second-order valence-electron chi connectivity index (χ2n) is 9.49. The number of hydrogen-bond acceptors (Lipinski definition) is 3. The van der Waals surface area contributed by atoms with E-state index >= 15 is 0 Å². The van der Waals surface area contributed by atoms with Crippen molar-refractivity contribution in [3.05, 3.63) is 99.6 Å². The number of carboxylic acid groups (broad SMARTS) is 1. The molecular formula is C28H25ClF3NO4. The lowest BCUT2D eigenvalue weighted by Gasteiger charge is -2.24. The van der Waals surface area contributed by atoms with E-state index in [0.29, 0.717) is 23.4 Å². The Balaban J connectivity index is 1.46. The van der Waals surface area contributed by atoms with Crippen LogP contribution in [0.5, 0.6) is 5.75 Å². The van der Waals surface area contributed by atoms with Gasteiger partial charge in [0.15, 0.2) is 0 Å². The number of nitrogens with zero attached hydrogens (tertiary/aromatic N) is 1. The number of aliphatic carboxylic acids is 1. The Hall–Kier alpha value is -3.52. The van der Waals surface area contributed by atoms with Crippen molar-refractivity contribution in [2.75, 3.05) is 6.54 Å². The van der Waals surface area contributed by atoms with Gasteiger partial charge in [-0.15, -0.1) is 0 Å². The normalized spacial score (nSPS) is 16.7. The predicted octanol–water partition coefficient (Wildman–Crippen LogP) is 5.95. The van der Waals surface area contributed by atoms with Crippen LogP contribution in [0, 0.1) is 0 Å². The van der Waals surface area contributed by atoms with Crippen LogP contribution < -0.4 is 4.74 Å². The van der Waals surface area contributed by atoms with Crippen molar-refractivity contribution < 1.29 is 32.6 Å². The van der Waals surface area contributed by atoms with Gasteiger partial charge in [-0.25, -0.2) is 0 Å². The molecule has 194 valence electrons. The Labute approximate surface area is 217 Å². The minimum Gasteiger partial charge on any atom is -0.487 e. The summed E-state index contributed by atoms with van der Waals surface area (Å²) >= 11 is 5.98. The number of carboxylic acids is 1. The molecule has 0 radical (unpaired) electrons. The number of carbonyl (C=O) groups excluding carboxylic acids is 1. The molecule has 1 N–H and O–H groups in total. The summed E-state index contributed by atoms with van der Waals surface area (Å²) in [5, 5.41) is 9.94. The minimum atomic E-state index is -4.54. The second-order valence-corrected chi connectivity index (χ2v) is 9.93.